The number of nitrogens with zero attached hydrogens (tertiary/aromatic N) is 6. The average Bonchev–Trinajstić information content (AvgIpc) is 3.63. The summed E-state index contributed by atoms with van der Waals surface area (Å²) in [6.45, 7) is 9.30. The van der Waals surface area contributed by atoms with Crippen LogP contribution >= 0.6 is 0 Å². The van der Waals surface area contributed by atoms with Gasteiger partial charge >= 0.3 is 0 Å². The molecule has 11 heteroatoms. The minimum atomic E-state index is -2.12. The molecule has 0 atom stereocenters. The number of rotatable bonds is 7. The van der Waals surface area contributed by atoms with Gasteiger partial charge in [-0.3, -0.25) is 4.98 Å². The van der Waals surface area contributed by atoms with E-state index in [1.54, 1.807) is 7.05 Å². The monoisotopic (exact) mass is 544 g/mol. The van der Waals surface area contributed by atoms with Crippen molar-refractivity contribution in [1.29, 1.82) is 0 Å². The van der Waals surface area contributed by atoms with Gasteiger partial charge in [-0.2, -0.15) is 15.2 Å². The Morgan fingerprint density at radius 2 is 1.72 bits per heavy atom. The minimum absolute atomic E-state index is 0.0278. The lowest BCUT2D eigenvalue weighted by molar-refractivity contribution is 0.0195. The molecule has 3 N–H and O–H groups in total. The van der Waals surface area contributed by atoms with E-state index >= 15 is 0 Å². The second-order valence-corrected chi connectivity index (χ2v) is 10.0. The molecule has 0 aromatic carbocycles. The average molecular weight is 545 g/mol. The molecular formula is C28H42F2N8O. The lowest BCUT2D eigenvalue weighted by atomic mass is 9.84. The number of azo groups is 1. The third-order valence-corrected chi connectivity index (χ3v) is 6.68. The van der Waals surface area contributed by atoms with E-state index in [2.05, 4.69) is 20.9 Å². The minimum Gasteiger partial charge on any atom is -0.390 e. The molecule has 5 rings (SSSR count). The summed E-state index contributed by atoms with van der Waals surface area (Å²) in [4.78, 5) is 9.62. The summed E-state index contributed by atoms with van der Waals surface area (Å²) in [5, 5.41) is 30.0. The topological polar surface area (TPSA) is 112 Å². The highest BCUT2D eigenvalue weighted by atomic mass is 19.3. The van der Waals surface area contributed by atoms with Gasteiger partial charge in [-0.15, -0.1) is 5.10 Å². The fourth-order valence-electron chi connectivity index (χ4n) is 4.30. The Kier molecular flexibility index (Phi) is 10.7. The van der Waals surface area contributed by atoms with Crippen LogP contribution in [0.1, 0.15) is 78.3 Å². The van der Waals surface area contributed by atoms with Crippen LogP contribution in [0.4, 0.5) is 26.2 Å². The third kappa shape index (κ3) is 8.39. The Morgan fingerprint density at radius 1 is 1.08 bits per heavy atom. The van der Waals surface area contributed by atoms with Gasteiger partial charge in [0.1, 0.15) is 11.2 Å². The van der Waals surface area contributed by atoms with Crippen molar-refractivity contribution in [1.82, 2.24) is 19.6 Å². The fourth-order valence-corrected chi connectivity index (χ4v) is 4.30. The molecule has 0 amide bonds. The second-order valence-electron chi connectivity index (χ2n) is 10.0. The van der Waals surface area contributed by atoms with E-state index in [0.29, 0.717) is 12.0 Å². The number of aryl methyl sites for hydroxylation is 1. The van der Waals surface area contributed by atoms with Crippen molar-refractivity contribution in [2.45, 2.75) is 104 Å². The van der Waals surface area contributed by atoms with Crippen LogP contribution in [-0.4, -0.2) is 55.8 Å². The van der Waals surface area contributed by atoms with Crippen LogP contribution in [0.5, 0.6) is 0 Å². The van der Waals surface area contributed by atoms with Gasteiger partial charge in [0.25, 0.3) is 0 Å². The summed E-state index contributed by atoms with van der Waals surface area (Å²) >= 11 is 0. The van der Waals surface area contributed by atoms with Crippen LogP contribution in [0.2, 0.25) is 0 Å². The molecular weight excluding hydrogens is 502 g/mol. The van der Waals surface area contributed by atoms with E-state index in [9.17, 15) is 13.9 Å². The number of fused-ring (bicyclic) bond motifs is 1. The molecule has 214 valence electrons. The highest BCUT2D eigenvalue weighted by Crippen LogP contribution is 2.34. The molecule has 2 fully saturated rings. The van der Waals surface area contributed by atoms with Gasteiger partial charge in [0, 0.05) is 37.3 Å². The summed E-state index contributed by atoms with van der Waals surface area (Å²) in [6.07, 6.45) is 5.50. The van der Waals surface area contributed by atoms with Crippen molar-refractivity contribution in [3.05, 3.63) is 30.1 Å². The molecule has 3 aromatic rings. The number of aromatic nitrogens is 4. The SMILES string of the molecule is CC.CCC(F)F.CN=Nc1ccc(-c2ccn3nc(NC4CCC(C)(O)CC4)nc(NC4CC4)c23)nc1C. The van der Waals surface area contributed by atoms with E-state index in [0.717, 1.165) is 72.5 Å². The predicted molar refractivity (Wildman–Crippen MR) is 152 cm³/mol. The first-order valence-electron chi connectivity index (χ1n) is 13.9. The molecule has 0 bridgehead atoms. The van der Waals surface area contributed by atoms with E-state index in [4.69, 9.17) is 15.1 Å². The van der Waals surface area contributed by atoms with Gasteiger partial charge in [-0.05, 0) is 70.6 Å². The third-order valence-electron chi connectivity index (χ3n) is 6.68. The molecule has 9 nitrogen and oxygen atoms in total. The maximum Gasteiger partial charge on any atom is 0.243 e. The molecule has 39 heavy (non-hydrogen) atoms. The quantitative estimate of drug-likeness (QED) is 0.272. The van der Waals surface area contributed by atoms with E-state index < -0.39 is 12.0 Å². The van der Waals surface area contributed by atoms with Crippen molar-refractivity contribution in [3.63, 3.8) is 0 Å². The lowest BCUT2D eigenvalue weighted by Crippen LogP contribution is -2.36. The lowest BCUT2D eigenvalue weighted by Gasteiger charge is -2.33. The Hall–Kier alpha value is -3.21. The normalized spacial score (nSPS) is 20.8. The number of halogens is 2. The first-order valence-corrected chi connectivity index (χ1v) is 13.9. The van der Waals surface area contributed by atoms with Crippen LogP contribution in [0, 0.1) is 6.92 Å². The Balaban J connectivity index is 0.000000542. The molecule has 2 aliphatic carbocycles. The Labute approximate surface area is 229 Å². The zero-order chi connectivity index (χ0) is 28.6. The van der Waals surface area contributed by atoms with Crippen LogP contribution in [0.3, 0.4) is 0 Å². The predicted octanol–water partition coefficient (Wildman–Crippen LogP) is 7.18. The number of nitrogens with one attached hydrogen (secondary N) is 2. The molecule has 0 spiro atoms. The first-order chi connectivity index (χ1) is 18.7. The number of pyridine rings is 1. The number of anilines is 2. The summed E-state index contributed by atoms with van der Waals surface area (Å²) in [7, 11) is 1.66. The van der Waals surface area contributed by atoms with E-state index in [-0.39, 0.29) is 12.5 Å². The van der Waals surface area contributed by atoms with Crippen molar-refractivity contribution in [2.24, 2.45) is 10.2 Å². The van der Waals surface area contributed by atoms with Gasteiger partial charge in [0.05, 0.1) is 17.0 Å². The second kappa shape index (κ2) is 13.7. The molecule has 2 aliphatic rings. The van der Waals surface area contributed by atoms with Gasteiger partial charge in [0.15, 0.2) is 5.82 Å². The van der Waals surface area contributed by atoms with Crippen LogP contribution in [0.25, 0.3) is 16.8 Å². The number of hydrogen-bond acceptors (Lipinski definition) is 8. The number of alkyl halides is 2. The summed E-state index contributed by atoms with van der Waals surface area (Å²) in [5.74, 6) is 1.43. The molecule has 0 aliphatic heterocycles. The van der Waals surface area contributed by atoms with Gasteiger partial charge in [-0.25, -0.2) is 13.3 Å². The molecule has 3 aromatic heterocycles. The van der Waals surface area contributed by atoms with Crippen LogP contribution in [-0.2, 0) is 0 Å². The van der Waals surface area contributed by atoms with Gasteiger partial charge in [0.2, 0.25) is 12.4 Å². The van der Waals surface area contributed by atoms with Crippen molar-refractivity contribution >= 4 is 23.0 Å². The maximum absolute atomic E-state index is 10.8. The van der Waals surface area contributed by atoms with Crippen LogP contribution in [0.15, 0.2) is 34.6 Å². The summed E-state index contributed by atoms with van der Waals surface area (Å²) in [5.41, 5.74) is 3.80. The number of aliphatic hydroxyl groups is 1. The maximum atomic E-state index is 10.8. The number of hydrogen-bond donors (Lipinski definition) is 3. The molecule has 3 heterocycles. The van der Waals surface area contributed by atoms with E-state index in [1.807, 2.05) is 56.6 Å². The smallest absolute Gasteiger partial charge is 0.243 e. The molecule has 2 saturated carbocycles. The van der Waals surface area contributed by atoms with Crippen molar-refractivity contribution < 1.29 is 13.9 Å². The first kappa shape index (κ1) is 30.3. The van der Waals surface area contributed by atoms with Crippen molar-refractivity contribution in [3.8, 4) is 11.3 Å². The zero-order valence-corrected chi connectivity index (χ0v) is 23.9. The summed E-state index contributed by atoms with van der Waals surface area (Å²) < 4.78 is 23.4. The largest absolute Gasteiger partial charge is 0.390 e. The Morgan fingerprint density at radius 3 is 2.28 bits per heavy atom. The highest BCUT2D eigenvalue weighted by Gasteiger charge is 2.30. The molecule has 0 unspecified atom stereocenters. The molecule has 0 saturated heterocycles. The Bertz CT molecular complexity index is 1230. The highest BCUT2D eigenvalue weighted by molar-refractivity contribution is 5.88. The zero-order valence-electron chi connectivity index (χ0n) is 23.9. The van der Waals surface area contributed by atoms with Crippen molar-refractivity contribution in [2.75, 3.05) is 17.7 Å². The van der Waals surface area contributed by atoms with Gasteiger partial charge in [-0.1, -0.05) is 20.8 Å². The molecule has 0 radical (unpaired) electrons. The standard InChI is InChI=1S/C23H30N8O.C3H6F2.C2H6/c1-14-18(29-24-3)6-7-19(25-14)17-10-13-31-20(17)21(26-15-4-5-15)28-22(30-31)27-16-8-11-23(2,32)12-9-16;1-2-3(4)5;1-2/h6-7,10,13,15-16,32H,4-5,8-9,11-12H2,1-3H3,(H2,26,27,28,30);3H,2H2,1H3;1-2H3. The van der Waals surface area contributed by atoms with Gasteiger partial charge < -0.3 is 15.7 Å². The van der Waals surface area contributed by atoms with E-state index in [1.165, 1.54) is 6.92 Å². The summed E-state index contributed by atoms with van der Waals surface area (Å²) in [6, 6.07) is 6.66. The fraction of sp³-hybridized carbons (Fsp3) is 0.607. The van der Waals surface area contributed by atoms with Crippen LogP contribution < -0.4 is 10.6 Å².